The molecule has 3 amide bonds. The third kappa shape index (κ3) is 6.19. The summed E-state index contributed by atoms with van der Waals surface area (Å²) in [4.78, 5) is 51.3. The van der Waals surface area contributed by atoms with Gasteiger partial charge in [-0.2, -0.15) is 0 Å². The lowest BCUT2D eigenvalue weighted by Gasteiger charge is -2.35. The van der Waals surface area contributed by atoms with Crippen molar-refractivity contribution in [3.63, 3.8) is 0 Å². The fraction of sp³-hybridized carbons (Fsp3) is 0.545. The molecule has 0 spiro atoms. The Kier molecular flexibility index (Phi) is 7.84. The minimum Gasteiger partial charge on any atom is -0.467 e. The second kappa shape index (κ2) is 9.99. The lowest BCUT2D eigenvalue weighted by atomic mass is 9.98. The number of nitrogens with one attached hydrogen (secondary N) is 2. The lowest BCUT2D eigenvalue weighted by molar-refractivity contribution is -0.153. The van der Waals surface area contributed by atoms with Crippen molar-refractivity contribution in [3.05, 3.63) is 35.9 Å². The van der Waals surface area contributed by atoms with Crippen LogP contribution in [0, 0.1) is 0 Å². The third-order valence-corrected chi connectivity index (χ3v) is 5.17. The van der Waals surface area contributed by atoms with Crippen LogP contribution in [0.1, 0.15) is 39.7 Å². The number of ether oxygens (including phenoxy) is 2. The van der Waals surface area contributed by atoms with Gasteiger partial charge in [0.05, 0.1) is 13.2 Å². The van der Waals surface area contributed by atoms with Crippen LogP contribution in [0.4, 0.5) is 4.79 Å². The summed E-state index contributed by atoms with van der Waals surface area (Å²) < 4.78 is 9.87. The molecule has 1 aliphatic rings. The molecule has 1 aliphatic heterocycles. The zero-order valence-corrected chi connectivity index (χ0v) is 19.0. The van der Waals surface area contributed by atoms with E-state index in [1.807, 2.05) is 18.2 Å². The largest absolute Gasteiger partial charge is 0.467 e. The van der Waals surface area contributed by atoms with Crippen molar-refractivity contribution in [3.8, 4) is 0 Å². The van der Waals surface area contributed by atoms with E-state index in [0.29, 0.717) is 0 Å². The van der Waals surface area contributed by atoms with E-state index in [9.17, 15) is 24.3 Å². The van der Waals surface area contributed by atoms with Gasteiger partial charge in [0.1, 0.15) is 23.7 Å². The topological polar surface area (TPSA) is 134 Å². The fourth-order valence-corrected chi connectivity index (χ4v) is 3.32. The molecule has 1 saturated heterocycles. The van der Waals surface area contributed by atoms with Crippen LogP contribution in [0.2, 0.25) is 0 Å². The number of nitrogens with zero attached hydrogens (tertiary/aromatic N) is 1. The van der Waals surface area contributed by atoms with E-state index < -0.39 is 47.1 Å². The van der Waals surface area contributed by atoms with E-state index >= 15 is 0 Å². The first-order valence-electron chi connectivity index (χ1n) is 10.3. The van der Waals surface area contributed by atoms with Gasteiger partial charge in [0.15, 0.2) is 0 Å². The van der Waals surface area contributed by atoms with Gasteiger partial charge in [-0.05, 0) is 33.3 Å². The molecule has 1 heterocycles. The summed E-state index contributed by atoms with van der Waals surface area (Å²) >= 11 is 0. The van der Waals surface area contributed by atoms with Crippen LogP contribution in [0.3, 0.4) is 0 Å². The number of carbonyl (C=O) groups excluding carboxylic acids is 4. The van der Waals surface area contributed by atoms with Crippen LogP contribution in [0.15, 0.2) is 30.3 Å². The van der Waals surface area contributed by atoms with E-state index in [1.54, 1.807) is 12.1 Å². The molecule has 0 aromatic heterocycles. The number of aliphatic hydroxyl groups excluding tert-OH is 1. The molecule has 1 aromatic rings. The molecule has 10 nitrogen and oxygen atoms in total. The van der Waals surface area contributed by atoms with Crippen LogP contribution in [-0.4, -0.2) is 70.8 Å². The number of methoxy groups -OCH3 is 1. The monoisotopic (exact) mass is 449 g/mol. The van der Waals surface area contributed by atoms with Crippen molar-refractivity contribution < 1.29 is 33.8 Å². The Morgan fingerprint density at radius 2 is 1.69 bits per heavy atom. The van der Waals surface area contributed by atoms with Crippen molar-refractivity contribution in [2.24, 2.45) is 0 Å². The summed E-state index contributed by atoms with van der Waals surface area (Å²) in [6.45, 7) is 5.91. The van der Waals surface area contributed by atoms with Crippen LogP contribution >= 0.6 is 0 Å². The van der Waals surface area contributed by atoms with Gasteiger partial charge in [-0.15, -0.1) is 0 Å². The number of benzene rings is 1. The van der Waals surface area contributed by atoms with Gasteiger partial charge in [-0.1, -0.05) is 30.3 Å². The van der Waals surface area contributed by atoms with Gasteiger partial charge in [0.25, 0.3) is 0 Å². The van der Waals surface area contributed by atoms with Gasteiger partial charge < -0.3 is 30.1 Å². The molecule has 0 aliphatic carbocycles. The predicted molar refractivity (Wildman–Crippen MR) is 114 cm³/mol. The van der Waals surface area contributed by atoms with Crippen LogP contribution in [-0.2, 0) is 30.5 Å². The van der Waals surface area contributed by atoms with E-state index in [2.05, 4.69) is 10.6 Å². The number of carbonyl (C=O) groups is 4. The SMILES string of the molecule is COC(=O)[C@@H]1C[C@@H](O)CN1C(=O)C(C)(C)NC(=O)C(C)(C)NC(=O)OCc1ccccc1. The summed E-state index contributed by atoms with van der Waals surface area (Å²) in [5.41, 5.74) is -2.01. The van der Waals surface area contributed by atoms with Crippen molar-refractivity contribution in [2.75, 3.05) is 13.7 Å². The number of rotatable bonds is 7. The Hall–Kier alpha value is -3.14. The Morgan fingerprint density at radius 1 is 1.06 bits per heavy atom. The van der Waals surface area contributed by atoms with Crippen LogP contribution in [0.25, 0.3) is 0 Å². The summed E-state index contributed by atoms with van der Waals surface area (Å²) in [6, 6.07) is 8.15. The molecule has 1 fully saturated rings. The molecule has 32 heavy (non-hydrogen) atoms. The molecule has 3 N–H and O–H groups in total. The van der Waals surface area contributed by atoms with E-state index in [4.69, 9.17) is 9.47 Å². The number of alkyl carbamates (subject to hydrolysis) is 1. The second-order valence-electron chi connectivity index (χ2n) is 8.78. The number of likely N-dealkylation sites (tertiary alicyclic amines) is 1. The second-order valence-corrected chi connectivity index (χ2v) is 8.78. The zero-order chi connectivity index (χ0) is 24.1. The first-order chi connectivity index (χ1) is 14.9. The maximum atomic E-state index is 13.1. The van der Waals surface area contributed by atoms with Gasteiger partial charge in [-0.25, -0.2) is 9.59 Å². The molecule has 0 unspecified atom stereocenters. The van der Waals surface area contributed by atoms with Crippen molar-refractivity contribution >= 4 is 23.9 Å². The molecule has 2 atom stereocenters. The van der Waals surface area contributed by atoms with E-state index in [1.165, 1.54) is 39.7 Å². The smallest absolute Gasteiger partial charge is 0.408 e. The summed E-state index contributed by atoms with van der Waals surface area (Å²) in [5.74, 6) is -1.82. The Labute approximate surface area is 187 Å². The van der Waals surface area contributed by atoms with Gasteiger partial charge in [0.2, 0.25) is 11.8 Å². The quantitative estimate of drug-likeness (QED) is 0.522. The van der Waals surface area contributed by atoms with E-state index in [-0.39, 0.29) is 19.6 Å². The number of esters is 1. The Balaban J connectivity index is 1.99. The summed E-state index contributed by atoms with van der Waals surface area (Å²) in [7, 11) is 1.20. The molecule has 0 bridgehead atoms. The highest BCUT2D eigenvalue weighted by molar-refractivity contribution is 5.97. The molecular formula is C22H31N3O7. The number of β-amino-alcohol motifs (C(OH)–C–C–N with tert-alkyl or cyclic N) is 1. The first-order valence-corrected chi connectivity index (χ1v) is 10.3. The molecule has 1 aromatic carbocycles. The van der Waals surface area contributed by atoms with Gasteiger partial charge in [-0.3, -0.25) is 9.59 Å². The highest BCUT2D eigenvalue weighted by atomic mass is 16.5. The molecule has 2 rings (SSSR count). The van der Waals surface area contributed by atoms with Crippen LogP contribution < -0.4 is 10.6 Å². The zero-order valence-electron chi connectivity index (χ0n) is 19.0. The number of hydrogen-bond donors (Lipinski definition) is 3. The lowest BCUT2D eigenvalue weighted by Crippen LogP contribution is -2.64. The fourth-order valence-electron chi connectivity index (χ4n) is 3.32. The van der Waals surface area contributed by atoms with Gasteiger partial charge in [0, 0.05) is 13.0 Å². The molecule has 0 radical (unpaired) electrons. The predicted octanol–water partition coefficient (Wildman–Crippen LogP) is 0.721. The van der Waals surface area contributed by atoms with Crippen LogP contribution in [0.5, 0.6) is 0 Å². The average Bonchev–Trinajstić information content (AvgIpc) is 3.12. The number of amides is 3. The van der Waals surface area contributed by atoms with Crippen molar-refractivity contribution in [1.82, 2.24) is 15.5 Å². The van der Waals surface area contributed by atoms with Crippen molar-refractivity contribution in [1.29, 1.82) is 0 Å². The van der Waals surface area contributed by atoms with Gasteiger partial charge >= 0.3 is 12.1 Å². The maximum Gasteiger partial charge on any atom is 0.408 e. The minimum absolute atomic E-state index is 0.0422. The molecule has 10 heteroatoms. The Morgan fingerprint density at radius 3 is 2.28 bits per heavy atom. The first kappa shape index (κ1) is 25.1. The van der Waals surface area contributed by atoms with E-state index in [0.717, 1.165) is 5.56 Å². The summed E-state index contributed by atoms with van der Waals surface area (Å²) in [5, 5.41) is 15.0. The Bertz CT molecular complexity index is 854. The molecular weight excluding hydrogens is 418 g/mol. The highest BCUT2D eigenvalue weighted by Gasteiger charge is 2.46. The molecule has 176 valence electrons. The normalized spacial score (nSPS) is 18.6. The summed E-state index contributed by atoms with van der Waals surface area (Å²) in [6.07, 6.45) is -1.60. The van der Waals surface area contributed by atoms with Crippen molar-refractivity contribution in [2.45, 2.75) is 63.9 Å². The molecule has 0 saturated carbocycles. The minimum atomic E-state index is -1.42. The average molecular weight is 450 g/mol. The standard InChI is InChI=1S/C22H31N3O7/c1-21(2,24-20(30)32-13-14-9-7-6-8-10-14)18(28)23-22(3,4)19(29)25-12-15(26)11-16(25)17(27)31-5/h6-10,15-16,26H,11-13H2,1-5H3,(H,23,28)(H,24,30)/t15-,16+/m1/s1. The highest BCUT2D eigenvalue weighted by Crippen LogP contribution is 2.23. The third-order valence-electron chi connectivity index (χ3n) is 5.17. The maximum absolute atomic E-state index is 13.1. The number of aliphatic hydroxyl groups is 1. The number of hydrogen-bond acceptors (Lipinski definition) is 7.